The van der Waals surface area contributed by atoms with E-state index < -0.39 is 29.3 Å². The summed E-state index contributed by atoms with van der Waals surface area (Å²) in [6.07, 6.45) is -4.55. The topological polar surface area (TPSA) is 118 Å². The van der Waals surface area contributed by atoms with Gasteiger partial charge in [0.25, 0.3) is 5.91 Å². The Bertz CT molecular complexity index is 1330. The van der Waals surface area contributed by atoms with Crippen LogP contribution in [0.5, 0.6) is 0 Å². The lowest BCUT2D eigenvalue weighted by Crippen LogP contribution is -2.48. The molecule has 1 aromatic carbocycles. The lowest BCUT2D eigenvalue weighted by Gasteiger charge is -2.32. The van der Waals surface area contributed by atoms with Crippen LogP contribution in [0.25, 0.3) is 11.1 Å². The van der Waals surface area contributed by atoms with Crippen molar-refractivity contribution in [2.75, 3.05) is 44.3 Å². The number of anilines is 2. The molecule has 3 heterocycles. The Hall–Kier alpha value is -3.67. The van der Waals surface area contributed by atoms with Crippen molar-refractivity contribution in [3.8, 4) is 0 Å². The second kappa shape index (κ2) is 9.17. The van der Waals surface area contributed by atoms with E-state index in [2.05, 4.69) is 20.2 Å². The number of aryl methyl sites for hydroxylation is 1. The molecular formula is C23H25F3N6O3. The summed E-state index contributed by atoms with van der Waals surface area (Å²) in [5, 5.41) is 3.31. The minimum absolute atomic E-state index is 0.0294. The average Bonchev–Trinajstić information content (AvgIpc) is 2.77. The molecule has 0 aliphatic carbocycles. The lowest BCUT2D eigenvalue weighted by molar-refractivity contribution is -0.137. The summed E-state index contributed by atoms with van der Waals surface area (Å²) in [6.45, 7) is 5.52. The first kappa shape index (κ1) is 24.5. The molecule has 1 saturated heterocycles. The van der Waals surface area contributed by atoms with E-state index in [-0.39, 0.29) is 39.6 Å². The van der Waals surface area contributed by atoms with Gasteiger partial charge in [-0.15, -0.1) is 0 Å². The third-order valence-corrected chi connectivity index (χ3v) is 5.90. The number of piperazine rings is 1. The predicted octanol–water partition coefficient (Wildman–Crippen LogP) is 3.05. The highest BCUT2D eigenvalue weighted by molar-refractivity contribution is 5.98. The summed E-state index contributed by atoms with van der Waals surface area (Å²) in [5.41, 5.74) is 4.09. The summed E-state index contributed by atoms with van der Waals surface area (Å²) in [4.78, 5) is 37.8. The van der Waals surface area contributed by atoms with Gasteiger partial charge < -0.3 is 25.3 Å². The Morgan fingerprint density at radius 1 is 1.14 bits per heavy atom. The molecule has 1 aliphatic rings. The van der Waals surface area contributed by atoms with Crippen LogP contribution in [-0.4, -0.2) is 58.9 Å². The number of amides is 1. The first-order chi connectivity index (χ1) is 16.4. The Morgan fingerprint density at radius 2 is 1.83 bits per heavy atom. The Labute approximate surface area is 198 Å². The zero-order chi connectivity index (χ0) is 25.5. The van der Waals surface area contributed by atoms with E-state index in [1.165, 1.54) is 12.1 Å². The van der Waals surface area contributed by atoms with Gasteiger partial charge in [-0.1, -0.05) is 0 Å². The number of nitrogens with one attached hydrogen (secondary N) is 1. The predicted molar refractivity (Wildman–Crippen MR) is 124 cm³/mol. The van der Waals surface area contributed by atoms with E-state index in [0.29, 0.717) is 26.2 Å². The van der Waals surface area contributed by atoms with Crippen LogP contribution in [0.2, 0.25) is 0 Å². The van der Waals surface area contributed by atoms with Crippen molar-refractivity contribution < 1.29 is 22.4 Å². The fourth-order valence-electron chi connectivity index (χ4n) is 3.93. The number of benzene rings is 1. The van der Waals surface area contributed by atoms with Crippen LogP contribution < -0.4 is 16.7 Å². The molecule has 3 N–H and O–H groups in total. The van der Waals surface area contributed by atoms with Crippen LogP contribution in [0.4, 0.5) is 24.7 Å². The quantitative estimate of drug-likeness (QED) is 0.536. The first-order valence-corrected chi connectivity index (χ1v) is 11.0. The third kappa shape index (κ3) is 5.21. The Balaban J connectivity index is 1.71. The van der Waals surface area contributed by atoms with E-state index in [1.54, 1.807) is 18.7 Å². The number of fused-ring (bicyclic) bond motifs is 1. The maximum atomic E-state index is 13.3. The zero-order valence-corrected chi connectivity index (χ0v) is 19.4. The van der Waals surface area contributed by atoms with E-state index in [1.807, 2.05) is 7.05 Å². The number of rotatable bonds is 4. The average molecular weight is 490 g/mol. The van der Waals surface area contributed by atoms with Gasteiger partial charge in [-0.05, 0) is 50.7 Å². The van der Waals surface area contributed by atoms with Crippen LogP contribution in [0, 0.1) is 6.92 Å². The summed E-state index contributed by atoms with van der Waals surface area (Å²) in [7, 11) is 1.95. The molecule has 0 radical (unpaired) electrons. The van der Waals surface area contributed by atoms with Crippen molar-refractivity contribution >= 4 is 28.5 Å². The summed E-state index contributed by atoms with van der Waals surface area (Å²) >= 11 is 0. The largest absolute Gasteiger partial charge is 0.416 e. The number of nitrogen functional groups attached to an aromatic ring is 1. The molecule has 0 unspecified atom stereocenters. The van der Waals surface area contributed by atoms with Gasteiger partial charge in [0, 0.05) is 31.9 Å². The number of carbonyl (C=O) groups is 1. The van der Waals surface area contributed by atoms with Crippen LogP contribution in [0.1, 0.15) is 40.3 Å². The molecule has 1 atom stereocenters. The number of halogens is 3. The van der Waals surface area contributed by atoms with E-state index in [0.717, 1.165) is 12.1 Å². The number of alkyl halides is 3. The monoisotopic (exact) mass is 490 g/mol. The molecular weight excluding hydrogens is 465 g/mol. The smallest absolute Gasteiger partial charge is 0.403 e. The van der Waals surface area contributed by atoms with Crippen molar-refractivity contribution in [2.24, 2.45) is 0 Å². The van der Waals surface area contributed by atoms with Gasteiger partial charge in [0.1, 0.15) is 17.2 Å². The van der Waals surface area contributed by atoms with E-state index in [9.17, 15) is 22.8 Å². The molecule has 0 bridgehead atoms. The van der Waals surface area contributed by atoms with Gasteiger partial charge in [0.2, 0.25) is 5.71 Å². The highest BCUT2D eigenvalue weighted by atomic mass is 19.4. The molecule has 186 valence electrons. The van der Waals surface area contributed by atoms with Gasteiger partial charge in [0.05, 0.1) is 17.0 Å². The van der Waals surface area contributed by atoms with Gasteiger partial charge in [0.15, 0.2) is 0 Å². The molecule has 3 aromatic rings. The van der Waals surface area contributed by atoms with Gasteiger partial charge in [-0.2, -0.15) is 18.2 Å². The van der Waals surface area contributed by atoms with Crippen LogP contribution in [0.3, 0.4) is 0 Å². The number of nitrogens with zero attached hydrogens (tertiary/aromatic N) is 4. The van der Waals surface area contributed by atoms with Crippen molar-refractivity contribution in [3.63, 3.8) is 0 Å². The number of hydrogen-bond acceptors (Lipinski definition) is 8. The normalized spacial score (nSPS) is 15.9. The fraction of sp³-hybridized carbons (Fsp3) is 0.391. The summed E-state index contributed by atoms with van der Waals surface area (Å²) < 4.78 is 45.1. The second-order valence-corrected chi connectivity index (χ2v) is 8.63. The minimum Gasteiger partial charge on any atom is -0.403 e. The lowest BCUT2D eigenvalue weighted by atomic mass is 10.0. The van der Waals surface area contributed by atoms with Gasteiger partial charge in [-0.25, -0.2) is 9.78 Å². The van der Waals surface area contributed by atoms with Crippen LogP contribution >= 0.6 is 0 Å². The SMILES string of the molecule is Cc1nc(N[C@H](C)c2cc(N)cc(C(F)(F)F)c2)c2cc(C(=O)N3CCN(C)CC3)c(=O)oc2n1. The number of likely N-dealkylation sites (N-methyl/N-ethyl adjacent to an activating group) is 1. The molecule has 2 aromatic heterocycles. The first-order valence-electron chi connectivity index (χ1n) is 11.0. The Kier molecular flexibility index (Phi) is 6.41. The number of nitrogens with two attached hydrogens (primary N) is 1. The number of carbonyl (C=O) groups excluding carboxylic acids is 1. The molecule has 35 heavy (non-hydrogen) atoms. The van der Waals surface area contributed by atoms with Gasteiger partial charge >= 0.3 is 11.8 Å². The summed E-state index contributed by atoms with van der Waals surface area (Å²) in [5.74, 6) is 0.0307. The summed E-state index contributed by atoms with van der Waals surface area (Å²) in [6, 6.07) is 4.03. The van der Waals surface area contributed by atoms with Gasteiger partial charge in [-0.3, -0.25) is 4.79 Å². The fourth-order valence-corrected chi connectivity index (χ4v) is 3.93. The molecule has 1 amide bonds. The minimum atomic E-state index is -4.55. The molecule has 1 fully saturated rings. The van der Waals surface area contributed by atoms with Crippen molar-refractivity contribution in [3.05, 3.63) is 57.2 Å². The molecule has 9 nitrogen and oxygen atoms in total. The zero-order valence-electron chi connectivity index (χ0n) is 19.4. The van der Waals surface area contributed by atoms with E-state index in [4.69, 9.17) is 10.2 Å². The van der Waals surface area contributed by atoms with E-state index >= 15 is 0 Å². The van der Waals surface area contributed by atoms with Crippen molar-refractivity contribution in [1.82, 2.24) is 19.8 Å². The molecule has 4 rings (SSSR count). The van der Waals surface area contributed by atoms with Crippen molar-refractivity contribution in [1.29, 1.82) is 0 Å². The van der Waals surface area contributed by atoms with Crippen molar-refractivity contribution in [2.45, 2.75) is 26.1 Å². The molecule has 1 aliphatic heterocycles. The maximum absolute atomic E-state index is 13.3. The Morgan fingerprint density at radius 3 is 2.49 bits per heavy atom. The molecule has 0 spiro atoms. The highest BCUT2D eigenvalue weighted by Crippen LogP contribution is 2.34. The molecule has 0 saturated carbocycles. The van der Waals surface area contributed by atoms with Crippen LogP contribution in [-0.2, 0) is 6.18 Å². The number of hydrogen-bond donors (Lipinski definition) is 2. The second-order valence-electron chi connectivity index (χ2n) is 8.63. The highest BCUT2D eigenvalue weighted by Gasteiger charge is 2.31. The standard InChI is InChI=1S/C23H25F3N6O3/c1-12(14-8-15(23(24,25)26)10-16(27)9-14)28-19-17-11-18(21(33)32-6-4-31(3)5-7-32)22(34)35-20(17)30-13(2)29-19/h8-12H,4-7,27H2,1-3H3,(H,28,29,30)/t12-/m1/s1. The van der Waals surface area contributed by atoms with Crippen LogP contribution in [0.15, 0.2) is 33.5 Å². The third-order valence-electron chi connectivity index (χ3n) is 5.90. The number of aromatic nitrogens is 2. The molecule has 12 heteroatoms. The maximum Gasteiger partial charge on any atom is 0.416 e.